The van der Waals surface area contributed by atoms with Crippen LogP contribution in [0.25, 0.3) is 0 Å². The quantitative estimate of drug-likeness (QED) is 0.493. The van der Waals surface area contributed by atoms with Gasteiger partial charge in [0.2, 0.25) is 0 Å². The summed E-state index contributed by atoms with van der Waals surface area (Å²) in [5.74, 6) is -2.81. The monoisotopic (exact) mass is 327 g/mol. The van der Waals surface area contributed by atoms with E-state index in [1.807, 2.05) is 6.07 Å². The Balaban J connectivity index is 2.31. The van der Waals surface area contributed by atoms with Crippen LogP contribution >= 0.6 is 0 Å². The molecule has 1 aliphatic heterocycles. The van der Waals surface area contributed by atoms with E-state index in [0.717, 1.165) is 0 Å². The molecule has 1 aromatic carbocycles. The number of para-hydroxylation sites is 1. The minimum absolute atomic E-state index is 0.126. The van der Waals surface area contributed by atoms with Crippen molar-refractivity contribution in [2.45, 2.75) is 11.8 Å². The van der Waals surface area contributed by atoms with Gasteiger partial charge in [0.25, 0.3) is 11.6 Å². The molecule has 3 atom stereocenters. The zero-order valence-electron chi connectivity index (χ0n) is 12.9. The van der Waals surface area contributed by atoms with E-state index in [-0.39, 0.29) is 17.1 Å². The molecule has 0 radical (unpaired) electrons. The SMILES string of the molecule is COC1(OC)N=C(N)C2(C#N)C(c3ccccc3[N+](=O)[O-])C12C#N. The lowest BCUT2D eigenvalue weighted by Crippen LogP contribution is -2.41. The van der Waals surface area contributed by atoms with Crippen LogP contribution in [0.15, 0.2) is 29.3 Å². The topological polar surface area (TPSA) is 148 Å². The van der Waals surface area contributed by atoms with E-state index in [0.29, 0.717) is 0 Å². The number of hydrogen-bond acceptors (Lipinski definition) is 8. The molecule has 2 aliphatic rings. The number of aliphatic imine (C=N–C) groups is 1. The van der Waals surface area contributed by atoms with Crippen LogP contribution in [0.3, 0.4) is 0 Å². The standard InChI is InChI=1S/C15H13N5O4/c1-23-15(24-2)14(8-17)11(13(14,7-16)12(18)19-15)9-5-3-4-6-10(9)20(21)22/h3-6,11H,1-2H3,(H2,18,19). The molecular formula is C15H13N5O4. The van der Waals surface area contributed by atoms with Gasteiger partial charge in [-0.25, -0.2) is 4.99 Å². The largest absolute Gasteiger partial charge is 0.386 e. The van der Waals surface area contributed by atoms with Crippen molar-refractivity contribution >= 4 is 11.5 Å². The first-order valence-electron chi connectivity index (χ1n) is 6.94. The fourth-order valence-electron chi connectivity index (χ4n) is 3.89. The van der Waals surface area contributed by atoms with Gasteiger partial charge < -0.3 is 15.2 Å². The van der Waals surface area contributed by atoms with Crippen LogP contribution in [0.4, 0.5) is 5.69 Å². The van der Waals surface area contributed by atoms with Gasteiger partial charge in [0.15, 0.2) is 5.41 Å². The highest BCUT2D eigenvalue weighted by Gasteiger charge is 2.94. The summed E-state index contributed by atoms with van der Waals surface area (Å²) in [4.78, 5) is 14.9. The lowest BCUT2D eigenvalue weighted by molar-refractivity contribution is -0.385. The number of methoxy groups -OCH3 is 2. The van der Waals surface area contributed by atoms with Gasteiger partial charge in [-0.15, -0.1) is 0 Å². The Labute approximate surface area is 137 Å². The Morgan fingerprint density at radius 1 is 1.29 bits per heavy atom. The third-order valence-corrected chi connectivity index (χ3v) is 4.93. The van der Waals surface area contributed by atoms with Gasteiger partial charge in [-0.2, -0.15) is 10.5 Å². The molecule has 9 nitrogen and oxygen atoms in total. The van der Waals surface area contributed by atoms with E-state index >= 15 is 0 Å². The fourth-order valence-corrected chi connectivity index (χ4v) is 3.89. The summed E-state index contributed by atoms with van der Waals surface area (Å²) in [5.41, 5.74) is 2.83. The molecule has 1 saturated carbocycles. The number of nitro benzene ring substituents is 1. The number of nitrogens with zero attached hydrogens (tertiary/aromatic N) is 4. The molecule has 0 spiro atoms. The predicted octanol–water partition coefficient (Wildman–Crippen LogP) is 1.03. The number of nitriles is 2. The Morgan fingerprint density at radius 2 is 1.92 bits per heavy atom. The molecule has 9 heteroatoms. The summed E-state index contributed by atoms with van der Waals surface area (Å²) in [6.07, 6.45) is 0. The maximum atomic E-state index is 11.4. The number of nitrogens with two attached hydrogens (primary N) is 1. The zero-order chi connectivity index (χ0) is 17.8. The summed E-state index contributed by atoms with van der Waals surface area (Å²) in [5, 5.41) is 31.0. The zero-order valence-corrected chi connectivity index (χ0v) is 12.9. The number of ether oxygens (including phenoxy) is 2. The van der Waals surface area contributed by atoms with Crippen LogP contribution in [0.2, 0.25) is 0 Å². The first-order valence-corrected chi connectivity index (χ1v) is 6.94. The van der Waals surface area contributed by atoms with E-state index in [1.54, 1.807) is 6.07 Å². The highest BCUT2D eigenvalue weighted by atomic mass is 16.7. The Kier molecular flexibility index (Phi) is 3.14. The van der Waals surface area contributed by atoms with Crippen molar-refractivity contribution in [2.24, 2.45) is 21.6 Å². The summed E-state index contributed by atoms with van der Waals surface area (Å²) < 4.78 is 10.6. The summed E-state index contributed by atoms with van der Waals surface area (Å²) in [6, 6.07) is 10.0. The van der Waals surface area contributed by atoms with Crippen molar-refractivity contribution < 1.29 is 14.4 Å². The molecule has 24 heavy (non-hydrogen) atoms. The minimum Gasteiger partial charge on any atom is -0.386 e. The summed E-state index contributed by atoms with van der Waals surface area (Å²) in [7, 11) is 2.56. The highest BCUT2D eigenvalue weighted by Crippen LogP contribution is 2.82. The van der Waals surface area contributed by atoms with Crippen LogP contribution in [0.1, 0.15) is 11.5 Å². The lowest BCUT2D eigenvalue weighted by atomic mass is 9.93. The highest BCUT2D eigenvalue weighted by molar-refractivity contribution is 6.00. The average molecular weight is 327 g/mol. The Hall–Kier alpha value is -3.01. The molecule has 0 bridgehead atoms. The summed E-state index contributed by atoms with van der Waals surface area (Å²) in [6.45, 7) is 0. The maximum Gasteiger partial charge on any atom is 0.292 e. The number of rotatable bonds is 4. The van der Waals surface area contributed by atoms with Gasteiger partial charge in [0.05, 0.1) is 17.1 Å². The van der Waals surface area contributed by atoms with E-state index in [1.165, 1.54) is 32.4 Å². The van der Waals surface area contributed by atoms with Crippen molar-refractivity contribution in [2.75, 3.05) is 14.2 Å². The van der Waals surface area contributed by atoms with E-state index in [4.69, 9.17) is 15.2 Å². The first-order chi connectivity index (χ1) is 11.4. The molecule has 1 aromatic rings. The van der Waals surface area contributed by atoms with Gasteiger partial charge in [0.1, 0.15) is 11.3 Å². The molecule has 1 fully saturated rings. The van der Waals surface area contributed by atoms with Crippen molar-refractivity contribution in [1.82, 2.24) is 0 Å². The van der Waals surface area contributed by atoms with E-state index < -0.39 is 27.6 Å². The second-order valence-corrected chi connectivity index (χ2v) is 5.58. The van der Waals surface area contributed by atoms with Gasteiger partial charge in [0, 0.05) is 31.8 Å². The molecule has 3 rings (SSSR count). The molecule has 0 aromatic heterocycles. The molecule has 0 amide bonds. The second-order valence-electron chi connectivity index (χ2n) is 5.58. The molecule has 122 valence electrons. The Morgan fingerprint density at radius 3 is 2.42 bits per heavy atom. The van der Waals surface area contributed by atoms with Crippen molar-refractivity contribution in [3.63, 3.8) is 0 Å². The Bertz CT molecular complexity index is 850. The lowest BCUT2D eigenvalue weighted by Gasteiger charge is -2.29. The number of nitro groups is 1. The molecule has 3 unspecified atom stereocenters. The minimum atomic E-state index is -1.80. The van der Waals surface area contributed by atoms with Crippen LogP contribution < -0.4 is 5.73 Å². The average Bonchev–Trinajstić information content (AvgIpc) is 3.17. The number of fused-ring (bicyclic) bond motifs is 1. The number of hydrogen-bond donors (Lipinski definition) is 1. The van der Waals surface area contributed by atoms with Crippen LogP contribution in [-0.4, -0.2) is 30.9 Å². The third kappa shape index (κ3) is 1.37. The number of amidine groups is 1. The maximum absolute atomic E-state index is 11.4. The van der Waals surface area contributed by atoms with Gasteiger partial charge in [-0.1, -0.05) is 18.2 Å². The van der Waals surface area contributed by atoms with E-state index in [9.17, 15) is 20.6 Å². The van der Waals surface area contributed by atoms with E-state index in [2.05, 4.69) is 11.1 Å². The van der Waals surface area contributed by atoms with Crippen LogP contribution in [0, 0.1) is 43.6 Å². The third-order valence-electron chi connectivity index (χ3n) is 4.93. The van der Waals surface area contributed by atoms with Crippen molar-refractivity contribution in [3.8, 4) is 12.1 Å². The van der Waals surface area contributed by atoms with Crippen molar-refractivity contribution in [1.29, 1.82) is 10.5 Å². The van der Waals surface area contributed by atoms with Gasteiger partial charge >= 0.3 is 0 Å². The van der Waals surface area contributed by atoms with Gasteiger partial charge in [-0.05, 0) is 0 Å². The number of benzene rings is 1. The normalized spacial score (nSPS) is 32.2. The van der Waals surface area contributed by atoms with Crippen LogP contribution in [0.5, 0.6) is 0 Å². The molecular weight excluding hydrogens is 314 g/mol. The predicted molar refractivity (Wildman–Crippen MR) is 80.3 cm³/mol. The first kappa shape index (κ1) is 15.9. The molecule has 0 saturated heterocycles. The summed E-state index contributed by atoms with van der Waals surface area (Å²) >= 11 is 0. The van der Waals surface area contributed by atoms with Crippen LogP contribution in [-0.2, 0) is 9.47 Å². The molecule has 1 aliphatic carbocycles. The molecule has 2 N–H and O–H groups in total. The van der Waals surface area contributed by atoms with Gasteiger partial charge in [-0.3, -0.25) is 10.1 Å². The molecule has 1 heterocycles. The smallest absolute Gasteiger partial charge is 0.292 e. The van der Waals surface area contributed by atoms with Crippen molar-refractivity contribution in [3.05, 3.63) is 39.9 Å². The second kappa shape index (κ2) is 4.74. The fraction of sp³-hybridized carbons (Fsp3) is 0.400.